The number of aliphatic hydroxyl groups excluding tert-OH is 1. The van der Waals surface area contributed by atoms with Crippen molar-refractivity contribution < 1.29 is 5.11 Å². The van der Waals surface area contributed by atoms with Gasteiger partial charge in [0, 0.05) is 19.1 Å². The number of hydrogen-bond acceptors (Lipinski definition) is 3. The summed E-state index contributed by atoms with van der Waals surface area (Å²) in [5, 5.41) is 13.7. The third-order valence-corrected chi connectivity index (χ3v) is 3.88. The van der Waals surface area contributed by atoms with Crippen molar-refractivity contribution in [2.24, 2.45) is 17.8 Å². The number of nitrogens with zero attached hydrogens (tertiary/aromatic N) is 1. The van der Waals surface area contributed by atoms with Crippen LogP contribution < -0.4 is 5.32 Å². The minimum Gasteiger partial charge on any atom is -0.393 e. The molecule has 0 radical (unpaired) electrons. The topological polar surface area (TPSA) is 35.5 Å². The summed E-state index contributed by atoms with van der Waals surface area (Å²) in [5.41, 5.74) is 0. The molecule has 2 N–H and O–H groups in total. The van der Waals surface area contributed by atoms with Crippen LogP contribution in [0.4, 0.5) is 0 Å². The number of piperidine rings is 1. The lowest BCUT2D eigenvalue weighted by Gasteiger charge is -2.37. The lowest BCUT2D eigenvalue weighted by Crippen LogP contribution is -2.49. The lowest BCUT2D eigenvalue weighted by atomic mass is 9.87. The molecule has 0 saturated carbocycles. The van der Waals surface area contributed by atoms with Gasteiger partial charge in [0.2, 0.25) is 0 Å². The Balaban J connectivity index is 2.40. The molecule has 1 aliphatic rings. The van der Waals surface area contributed by atoms with Crippen LogP contribution in [0.15, 0.2) is 0 Å². The maximum Gasteiger partial charge on any atom is 0.0566 e. The summed E-state index contributed by atoms with van der Waals surface area (Å²) in [4.78, 5) is 2.40. The number of nitrogens with one attached hydrogen (secondary N) is 1. The Labute approximate surface area is 113 Å². The van der Waals surface area contributed by atoms with Gasteiger partial charge in [-0.25, -0.2) is 0 Å². The van der Waals surface area contributed by atoms with Gasteiger partial charge in [0.15, 0.2) is 0 Å². The Bertz CT molecular complexity index is 231. The smallest absolute Gasteiger partial charge is 0.0566 e. The Morgan fingerprint density at radius 3 is 2.44 bits per heavy atom. The molecular formula is C15H32N2O. The predicted molar refractivity (Wildman–Crippen MR) is 77.7 cm³/mol. The maximum absolute atomic E-state index is 10.0. The van der Waals surface area contributed by atoms with Gasteiger partial charge >= 0.3 is 0 Å². The molecule has 108 valence electrons. The van der Waals surface area contributed by atoms with Crippen molar-refractivity contribution in [2.75, 3.05) is 26.7 Å². The highest BCUT2D eigenvalue weighted by molar-refractivity contribution is 4.84. The molecule has 3 heteroatoms. The van der Waals surface area contributed by atoms with Gasteiger partial charge in [0.1, 0.15) is 0 Å². The summed E-state index contributed by atoms with van der Waals surface area (Å²) >= 11 is 0. The molecule has 1 saturated heterocycles. The summed E-state index contributed by atoms with van der Waals surface area (Å²) in [5.74, 6) is 1.71. The van der Waals surface area contributed by atoms with E-state index >= 15 is 0 Å². The van der Waals surface area contributed by atoms with Crippen molar-refractivity contribution in [1.29, 1.82) is 0 Å². The molecule has 0 aromatic rings. The van der Waals surface area contributed by atoms with E-state index in [0.717, 1.165) is 26.1 Å². The second kappa shape index (κ2) is 7.46. The highest BCUT2D eigenvalue weighted by Crippen LogP contribution is 2.23. The highest BCUT2D eigenvalue weighted by Gasteiger charge is 2.27. The molecule has 1 fully saturated rings. The van der Waals surface area contributed by atoms with Gasteiger partial charge in [0.05, 0.1) is 6.10 Å². The Hall–Kier alpha value is -0.120. The van der Waals surface area contributed by atoms with Crippen LogP contribution >= 0.6 is 0 Å². The standard InChI is InChI=1S/C15H32N2O/c1-11(2)8-16-14-6-13(9-17(5)10-14)7-15(18)12(3)4/h11-16,18H,6-10H2,1-5H3. The first-order valence-corrected chi connectivity index (χ1v) is 7.48. The normalized spacial score (nSPS) is 28.0. The SMILES string of the molecule is CC(C)CNC1CC(CC(O)C(C)C)CN(C)C1. The van der Waals surface area contributed by atoms with Gasteiger partial charge in [-0.05, 0) is 44.2 Å². The second-order valence-electron chi connectivity index (χ2n) is 6.87. The largest absolute Gasteiger partial charge is 0.393 e. The molecule has 3 nitrogen and oxygen atoms in total. The molecule has 0 aromatic heterocycles. The first-order valence-electron chi connectivity index (χ1n) is 7.48. The van der Waals surface area contributed by atoms with Crippen LogP contribution in [0.1, 0.15) is 40.5 Å². The first kappa shape index (κ1) is 15.9. The average Bonchev–Trinajstić information content (AvgIpc) is 2.25. The summed E-state index contributed by atoms with van der Waals surface area (Å²) < 4.78 is 0. The van der Waals surface area contributed by atoms with Gasteiger partial charge < -0.3 is 15.3 Å². The van der Waals surface area contributed by atoms with Gasteiger partial charge in [-0.1, -0.05) is 27.7 Å². The van der Waals surface area contributed by atoms with E-state index in [4.69, 9.17) is 0 Å². The number of hydrogen-bond donors (Lipinski definition) is 2. The second-order valence-corrected chi connectivity index (χ2v) is 6.87. The summed E-state index contributed by atoms with van der Waals surface area (Å²) in [6.07, 6.45) is 2.01. The van der Waals surface area contributed by atoms with Crippen molar-refractivity contribution in [3.05, 3.63) is 0 Å². The van der Waals surface area contributed by atoms with E-state index in [2.05, 4.69) is 45.0 Å². The minimum absolute atomic E-state index is 0.146. The summed E-state index contributed by atoms with van der Waals surface area (Å²) in [6.45, 7) is 12.1. The molecule has 3 unspecified atom stereocenters. The van der Waals surface area contributed by atoms with Crippen molar-refractivity contribution in [3.63, 3.8) is 0 Å². The zero-order chi connectivity index (χ0) is 13.7. The van der Waals surface area contributed by atoms with E-state index in [1.54, 1.807) is 0 Å². The monoisotopic (exact) mass is 256 g/mol. The van der Waals surface area contributed by atoms with E-state index in [0.29, 0.717) is 23.8 Å². The number of likely N-dealkylation sites (tertiary alicyclic amines) is 1. The molecule has 1 heterocycles. The summed E-state index contributed by atoms with van der Waals surface area (Å²) in [6, 6.07) is 0.593. The molecule has 0 aliphatic carbocycles. The minimum atomic E-state index is -0.146. The Morgan fingerprint density at radius 1 is 1.22 bits per heavy atom. The first-order chi connectivity index (χ1) is 8.38. The molecule has 0 amide bonds. The molecule has 0 aromatic carbocycles. The third kappa shape index (κ3) is 5.68. The fraction of sp³-hybridized carbons (Fsp3) is 1.00. The Morgan fingerprint density at radius 2 is 1.89 bits per heavy atom. The van der Waals surface area contributed by atoms with Gasteiger partial charge in [0.25, 0.3) is 0 Å². The van der Waals surface area contributed by atoms with Crippen molar-refractivity contribution in [2.45, 2.75) is 52.7 Å². The molecule has 1 rings (SSSR count). The van der Waals surface area contributed by atoms with Crippen LogP contribution in [0.25, 0.3) is 0 Å². The Kier molecular flexibility index (Phi) is 6.61. The predicted octanol–water partition coefficient (Wildman–Crippen LogP) is 1.96. The van der Waals surface area contributed by atoms with Gasteiger partial charge in [-0.2, -0.15) is 0 Å². The molecular weight excluding hydrogens is 224 g/mol. The number of aliphatic hydroxyl groups is 1. The average molecular weight is 256 g/mol. The van der Waals surface area contributed by atoms with Crippen LogP contribution in [0.5, 0.6) is 0 Å². The van der Waals surface area contributed by atoms with Crippen LogP contribution in [0.2, 0.25) is 0 Å². The molecule has 3 atom stereocenters. The fourth-order valence-corrected chi connectivity index (χ4v) is 2.78. The van der Waals surface area contributed by atoms with E-state index in [1.165, 1.54) is 6.42 Å². The van der Waals surface area contributed by atoms with Crippen molar-refractivity contribution in [1.82, 2.24) is 10.2 Å². The highest BCUT2D eigenvalue weighted by atomic mass is 16.3. The zero-order valence-corrected chi connectivity index (χ0v) is 12.8. The number of likely N-dealkylation sites (N-methyl/N-ethyl adjacent to an activating group) is 1. The van der Waals surface area contributed by atoms with Crippen molar-refractivity contribution >= 4 is 0 Å². The van der Waals surface area contributed by atoms with Gasteiger partial charge in [-0.3, -0.25) is 0 Å². The van der Waals surface area contributed by atoms with Crippen molar-refractivity contribution in [3.8, 4) is 0 Å². The third-order valence-electron chi connectivity index (χ3n) is 3.88. The van der Waals surface area contributed by atoms with Crippen LogP contribution in [0, 0.1) is 17.8 Å². The quantitative estimate of drug-likeness (QED) is 0.762. The molecule has 1 aliphatic heterocycles. The maximum atomic E-state index is 10.0. The molecule has 18 heavy (non-hydrogen) atoms. The summed E-state index contributed by atoms with van der Waals surface area (Å²) in [7, 11) is 2.19. The van der Waals surface area contributed by atoms with Gasteiger partial charge in [-0.15, -0.1) is 0 Å². The van der Waals surface area contributed by atoms with Crippen LogP contribution in [-0.2, 0) is 0 Å². The van der Waals surface area contributed by atoms with E-state index in [-0.39, 0.29) is 6.10 Å². The molecule has 0 spiro atoms. The zero-order valence-electron chi connectivity index (χ0n) is 12.8. The van der Waals surface area contributed by atoms with E-state index in [9.17, 15) is 5.11 Å². The van der Waals surface area contributed by atoms with E-state index < -0.39 is 0 Å². The van der Waals surface area contributed by atoms with E-state index in [1.807, 2.05) is 0 Å². The number of rotatable bonds is 6. The van der Waals surface area contributed by atoms with Crippen LogP contribution in [-0.4, -0.2) is 48.8 Å². The molecule has 0 bridgehead atoms. The lowest BCUT2D eigenvalue weighted by molar-refractivity contribution is 0.0682. The van der Waals surface area contributed by atoms with Crippen LogP contribution in [0.3, 0.4) is 0 Å². The fourth-order valence-electron chi connectivity index (χ4n) is 2.78.